The van der Waals surface area contributed by atoms with Gasteiger partial charge in [-0.05, 0) is 35.7 Å². The minimum Gasteiger partial charge on any atom is -0.337 e. The summed E-state index contributed by atoms with van der Waals surface area (Å²) in [5, 5.41) is 0. The second-order valence-corrected chi connectivity index (χ2v) is 8.12. The molecule has 0 radical (unpaired) electrons. The van der Waals surface area contributed by atoms with Gasteiger partial charge in [-0.3, -0.25) is 14.6 Å². The Bertz CT molecular complexity index is 1130. The van der Waals surface area contributed by atoms with Crippen molar-refractivity contribution >= 4 is 11.8 Å². The van der Waals surface area contributed by atoms with Gasteiger partial charge in [0.05, 0.1) is 5.92 Å². The maximum absolute atomic E-state index is 14.1. The molecule has 0 saturated carbocycles. The Hall–Kier alpha value is -3.80. The molecule has 0 spiro atoms. The first-order chi connectivity index (χ1) is 16.1. The molecule has 0 unspecified atom stereocenters. The van der Waals surface area contributed by atoms with Crippen molar-refractivity contribution in [2.45, 2.75) is 6.42 Å². The Kier molecular flexibility index (Phi) is 6.93. The van der Waals surface area contributed by atoms with Crippen molar-refractivity contribution in [3.8, 4) is 11.1 Å². The van der Waals surface area contributed by atoms with Gasteiger partial charge in [0.1, 0.15) is 11.5 Å². The quantitative estimate of drug-likeness (QED) is 0.536. The van der Waals surface area contributed by atoms with E-state index in [1.54, 1.807) is 58.5 Å². The van der Waals surface area contributed by atoms with Crippen LogP contribution in [-0.2, 0) is 11.2 Å². The van der Waals surface area contributed by atoms with E-state index in [-0.39, 0.29) is 23.5 Å². The number of aromatic nitrogens is 1. The third-order valence-corrected chi connectivity index (χ3v) is 5.88. The molecule has 3 aromatic rings. The van der Waals surface area contributed by atoms with Gasteiger partial charge in [-0.2, -0.15) is 0 Å². The Morgan fingerprint density at radius 3 is 2.52 bits per heavy atom. The van der Waals surface area contributed by atoms with Crippen molar-refractivity contribution in [1.82, 2.24) is 14.8 Å². The van der Waals surface area contributed by atoms with E-state index in [4.69, 9.17) is 0 Å². The minimum absolute atomic E-state index is 0.00408. The zero-order chi connectivity index (χ0) is 23.2. The molecule has 1 aromatic heterocycles. The highest BCUT2D eigenvalue weighted by molar-refractivity contribution is 5.93. The van der Waals surface area contributed by atoms with Crippen molar-refractivity contribution in [2.24, 2.45) is 5.92 Å². The summed E-state index contributed by atoms with van der Waals surface area (Å²) in [7, 11) is 0. The number of halogens is 1. The van der Waals surface area contributed by atoms with Crippen molar-refractivity contribution < 1.29 is 14.0 Å². The van der Waals surface area contributed by atoms with E-state index in [2.05, 4.69) is 11.6 Å². The van der Waals surface area contributed by atoms with Crippen LogP contribution in [0.15, 0.2) is 85.6 Å². The first-order valence-electron chi connectivity index (χ1n) is 11.0. The lowest BCUT2D eigenvalue weighted by molar-refractivity contribution is -0.134. The number of benzene rings is 2. The van der Waals surface area contributed by atoms with Crippen LogP contribution in [0.1, 0.15) is 16.1 Å². The molecule has 1 aliphatic rings. The van der Waals surface area contributed by atoms with E-state index >= 15 is 0 Å². The second-order valence-electron chi connectivity index (χ2n) is 8.12. The van der Waals surface area contributed by atoms with Crippen molar-refractivity contribution in [3.63, 3.8) is 0 Å². The van der Waals surface area contributed by atoms with E-state index < -0.39 is 0 Å². The van der Waals surface area contributed by atoms with Gasteiger partial charge in [0, 0.05) is 37.9 Å². The van der Waals surface area contributed by atoms with Gasteiger partial charge in [0.15, 0.2) is 0 Å². The van der Waals surface area contributed by atoms with Gasteiger partial charge in [-0.15, -0.1) is 6.58 Å². The molecule has 0 bridgehead atoms. The van der Waals surface area contributed by atoms with Crippen LogP contribution in [0.25, 0.3) is 11.1 Å². The molecular formula is C27H26FN3O2. The third kappa shape index (κ3) is 5.17. The number of hydrogen-bond donors (Lipinski definition) is 0. The number of amides is 2. The minimum atomic E-state index is -0.389. The number of pyridine rings is 1. The number of nitrogens with zero attached hydrogens (tertiary/aromatic N) is 3. The summed E-state index contributed by atoms with van der Waals surface area (Å²) in [6.07, 6.45) is 3.78. The molecule has 1 aliphatic heterocycles. The Labute approximate surface area is 193 Å². The maximum atomic E-state index is 14.1. The number of carbonyl (C=O) groups is 2. The van der Waals surface area contributed by atoms with Gasteiger partial charge >= 0.3 is 0 Å². The number of carbonyl (C=O) groups excluding carboxylic acids is 2. The van der Waals surface area contributed by atoms with E-state index in [1.165, 1.54) is 6.07 Å². The second kappa shape index (κ2) is 10.2. The number of hydrogen-bond acceptors (Lipinski definition) is 3. The van der Waals surface area contributed by atoms with Crippen LogP contribution >= 0.6 is 0 Å². The molecule has 2 aromatic carbocycles. The standard InChI is InChI=1S/C27H26FN3O2/c1-2-15-30-16-17-31(27(33)25-9-5-6-14-29-25)19-22(26(30)32)18-20-10-12-21(13-11-20)23-7-3-4-8-24(23)28/h2-14,22H,1,15-19H2/t22-/m1/s1. The van der Waals surface area contributed by atoms with Crippen LogP contribution in [0.5, 0.6) is 0 Å². The average molecular weight is 444 g/mol. The lowest BCUT2D eigenvalue weighted by atomic mass is 9.95. The fraction of sp³-hybridized carbons (Fsp3) is 0.222. The van der Waals surface area contributed by atoms with Gasteiger partial charge in [0.2, 0.25) is 5.91 Å². The lowest BCUT2D eigenvalue weighted by Crippen LogP contribution is -2.38. The predicted molar refractivity (Wildman–Crippen MR) is 126 cm³/mol. The first-order valence-corrected chi connectivity index (χ1v) is 11.0. The molecule has 1 saturated heterocycles. The highest BCUT2D eigenvalue weighted by Gasteiger charge is 2.32. The highest BCUT2D eigenvalue weighted by Crippen LogP contribution is 2.24. The summed E-state index contributed by atoms with van der Waals surface area (Å²) < 4.78 is 14.1. The summed E-state index contributed by atoms with van der Waals surface area (Å²) in [4.78, 5) is 33.9. The fourth-order valence-electron chi connectivity index (χ4n) is 4.17. The molecule has 33 heavy (non-hydrogen) atoms. The van der Waals surface area contributed by atoms with Gasteiger partial charge in [-0.25, -0.2) is 4.39 Å². The van der Waals surface area contributed by atoms with Crippen LogP contribution in [0.2, 0.25) is 0 Å². The molecular weight excluding hydrogens is 417 g/mol. The summed E-state index contributed by atoms with van der Waals surface area (Å²) in [6, 6.07) is 19.5. The monoisotopic (exact) mass is 443 g/mol. The molecule has 168 valence electrons. The van der Waals surface area contributed by atoms with E-state index in [1.807, 2.05) is 24.3 Å². The first kappa shape index (κ1) is 22.4. The summed E-state index contributed by atoms with van der Waals surface area (Å²) >= 11 is 0. The molecule has 0 aliphatic carbocycles. The topological polar surface area (TPSA) is 53.5 Å². The normalized spacial score (nSPS) is 16.4. The van der Waals surface area contributed by atoms with Crippen molar-refractivity contribution in [2.75, 3.05) is 26.2 Å². The van der Waals surface area contributed by atoms with E-state index in [0.29, 0.717) is 43.9 Å². The number of rotatable bonds is 6. The molecule has 2 amide bonds. The third-order valence-electron chi connectivity index (χ3n) is 5.88. The molecule has 2 heterocycles. The highest BCUT2D eigenvalue weighted by atomic mass is 19.1. The maximum Gasteiger partial charge on any atom is 0.272 e. The van der Waals surface area contributed by atoms with Crippen LogP contribution in [-0.4, -0.2) is 52.8 Å². The predicted octanol–water partition coefficient (Wildman–Crippen LogP) is 4.22. The van der Waals surface area contributed by atoms with Crippen LogP contribution in [0, 0.1) is 11.7 Å². The van der Waals surface area contributed by atoms with Gasteiger partial charge in [0.25, 0.3) is 5.91 Å². The molecule has 0 N–H and O–H groups in total. The Morgan fingerprint density at radius 2 is 1.82 bits per heavy atom. The largest absolute Gasteiger partial charge is 0.337 e. The Balaban J connectivity index is 1.55. The molecule has 4 rings (SSSR count). The SMILES string of the molecule is C=CCN1CCN(C(=O)c2ccccn2)C[C@@H](Cc2ccc(-c3ccccc3F)cc2)C1=O. The summed E-state index contributed by atoms with van der Waals surface area (Å²) in [6.45, 7) is 5.41. The Morgan fingerprint density at radius 1 is 1.06 bits per heavy atom. The summed E-state index contributed by atoms with van der Waals surface area (Å²) in [5.41, 5.74) is 2.65. The lowest BCUT2D eigenvalue weighted by Gasteiger charge is -2.23. The van der Waals surface area contributed by atoms with E-state index in [0.717, 1.165) is 11.1 Å². The van der Waals surface area contributed by atoms with Crippen molar-refractivity contribution in [1.29, 1.82) is 0 Å². The van der Waals surface area contributed by atoms with Crippen LogP contribution in [0.4, 0.5) is 4.39 Å². The fourth-order valence-corrected chi connectivity index (χ4v) is 4.17. The van der Waals surface area contributed by atoms with E-state index in [9.17, 15) is 14.0 Å². The van der Waals surface area contributed by atoms with Crippen LogP contribution < -0.4 is 0 Å². The smallest absolute Gasteiger partial charge is 0.272 e. The molecule has 5 nitrogen and oxygen atoms in total. The zero-order valence-corrected chi connectivity index (χ0v) is 18.4. The molecule has 1 atom stereocenters. The molecule has 1 fully saturated rings. The van der Waals surface area contributed by atoms with Crippen LogP contribution in [0.3, 0.4) is 0 Å². The summed E-state index contributed by atoms with van der Waals surface area (Å²) in [5.74, 6) is -0.833. The molecule has 6 heteroatoms. The average Bonchev–Trinajstić information content (AvgIpc) is 3.00. The van der Waals surface area contributed by atoms with Gasteiger partial charge in [-0.1, -0.05) is 54.6 Å². The zero-order valence-electron chi connectivity index (χ0n) is 18.4. The van der Waals surface area contributed by atoms with Crippen molar-refractivity contribution in [3.05, 3.63) is 103 Å². The van der Waals surface area contributed by atoms with Gasteiger partial charge < -0.3 is 9.80 Å².